The van der Waals surface area contributed by atoms with Crippen molar-refractivity contribution >= 4 is 42.3 Å². The molecule has 0 aliphatic carbocycles. The Balaban J connectivity index is 4.01. The van der Waals surface area contributed by atoms with Crippen LogP contribution in [0.3, 0.4) is 0 Å². The molecule has 0 heterocycles. The number of nitrogens with one attached hydrogen (secondary N) is 5. The van der Waals surface area contributed by atoms with Gasteiger partial charge in [-0.1, -0.05) is 24.2 Å². The van der Waals surface area contributed by atoms with Gasteiger partial charge in [0.05, 0.1) is 12.8 Å². The number of rotatable bonds is 26. The van der Waals surface area contributed by atoms with Gasteiger partial charge < -0.3 is 50.5 Å². The van der Waals surface area contributed by atoms with E-state index in [1.807, 2.05) is 13.8 Å². The van der Waals surface area contributed by atoms with Gasteiger partial charge in [0.1, 0.15) is 38.6 Å². The number of likely N-dealkylation sites (N-methyl/N-ethyl adjacent to an activating group) is 1. The molecule has 0 fully saturated rings. The van der Waals surface area contributed by atoms with E-state index in [1.54, 1.807) is 6.21 Å². The number of nitrogens with zero attached hydrogens (tertiary/aromatic N) is 2. The minimum Gasteiger partial charge on any atom is -0.447 e. The van der Waals surface area contributed by atoms with Crippen molar-refractivity contribution in [2.75, 3.05) is 59.7 Å². The second-order valence-electron chi connectivity index (χ2n) is 9.49. The highest BCUT2D eigenvalue weighted by atomic mass is 16.6. The van der Waals surface area contributed by atoms with Gasteiger partial charge in [0, 0.05) is 52.7 Å². The molecule has 0 radical (unpaired) electrons. The van der Waals surface area contributed by atoms with Crippen molar-refractivity contribution in [1.29, 1.82) is 0 Å². The molecule has 17 heteroatoms. The molecule has 0 rings (SSSR count). The molecule has 17 nitrogen and oxygen atoms in total. The number of carbonyl (C=O) groups is 5. The lowest BCUT2D eigenvalue weighted by Gasteiger charge is -2.18. The Kier molecular flexibility index (Phi) is 26.0. The summed E-state index contributed by atoms with van der Waals surface area (Å²) in [5.41, 5.74) is 0. The number of unbranched alkanes of at least 4 members (excludes halogenated alkanes) is 1. The summed E-state index contributed by atoms with van der Waals surface area (Å²) < 4.78 is 16.0. The van der Waals surface area contributed by atoms with Gasteiger partial charge in [-0.2, -0.15) is 0 Å². The predicted molar refractivity (Wildman–Crippen MR) is 166 cm³/mol. The van der Waals surface area contributed by atoms with Crippen LogP contribution in [0.1, 0.15) is 65.7 Å². The maximum Gasteiger partial charge on any atom is 0.407 e. The number of hydrogen-bond donors (Lipinski definition) is 5. The minimum atomic E-state index is -0.775. The highest BCUT2D eigenvalue weighted by Crippen LogP contribution is 2.01. The van der Waals surface area contributed by atoms with E-state index in [0.717, 1.165) is 12.8 Å². The monoisotopic (exact) mass is 645 g/mol. The van der Waals surface area contributed by atoms with Crippen LogP contribution < -0.4 is 26.6 Å². The number of alkyl carbamates (subject to hydrolysis) is 2. The van der Waals surface area contributed by atoms with E-state index >= 15 is 0 Å². The SMILES string of the molecule is CCCNC(=O)OCC(COC(=O)NCCC)OCCC/C=N/OCCCO/N=C/CNC(=O)CC[C@H](NC(C)=O)C(=O)NC. The van der Waals surface area contributed by atoms with E-state index in [4.69, 9.17) is 23.9 Å². The van der Waals surface area contributed by atoms with E-state index in [1.165, 1.54) is 20.2 Å². The zero-order valence-corrected chi connectivity index (χ0v) is 26.9. The third-order valence-corrected chi connectivity index (χ3v) is 5.43. The van der Waals surface area contributed by atoms with Crippen molar-refractivity contribution in [2.45, 2.75) is 77.9 Å². The topological polar surface area (TPSA) is 216 Å². The summed E-state index contributed by atoms with van der Waals surface area (Å²) in [7, 11) is 1.46. The highest BCUT2D eigenvalue weighted by molar-refractivity contribution is 5.87. The molecule has 0 saturated heterocycles. The van der Waals surface area contributed by atoms with Crippen LogP contribution >= 0.6 is 0 Å². The standard InChI is InChI=1S/C28H51N7O10/c1-5-12-31-27(39)42-20-23(21-43-28(40)32-13-6-2)41-17-8-7-14-33-44-18-9-19-45-34-16-15-30-25(37)11-10-24(26(38)29-4)35-22(3)36/h14,16,23-24H,5-13,15,17-21H2,1-4H3,(H,29,38)(H,30,37)(H,31,39)(H,32,40)(H,35,36)/b33-14+,34-16+/t24-/m0/s1. The molecule has 0 aliphatic rings. The third kappa shape index (κ3) is 26.0. The van der Waals surface area contributed by atoms with Crippen LogP contribution in [0, 0.1) is 0 Å². The predicted octanol–water partition coefficient (Wildman–Crippen LogP) is 0.966. The Morgan fingerprint density at radius 1 is 0.800 bits per heavy atom. The Hall–Kier alpha value is -4.15. The minimum absolute atomic E-state index is 0.0565. The summed E-state index contributed by atoms with van der Waals surface area (Å²) in [5.74, 6) is -1.01. The largest absolute Gasteiger partial charge is 0.447 e. The van der Waals surface area contributed by atoms with E-state index in [0.29, 0.717) is 45.6 Å². The zero-order chi connectivity index (χ0) is 33.5. The van der Waals surface area contributed by atoms with E-state index in [9.17, 15) is 24.0 Å². The van der Waals surface area contributed by atoms with Gasteiger partial charge >= 0.3 is 12.2 Å². The molecule has 0 aromatic rings. The van der Waals surface area contributed by atoms with E-state index in [2.05, 4.69) is 36.9 Å². The Labute approximate surface area is 264 Å². The van der Waals surface area contributed by atoms with Crippen molar-refractivity contribution in [1.82, 2.24) is 26.6 Å². The quantitative estimate of drug-likeness (QED) is 0.0510. The van der Waals surface area contributed by atoms with Gasteiger partial charge in [0.25, 0.3) is 0 Å². The van der Waals surface area contributed by atoms with E-state index in [-0.39, 0.29) is 56.9 Å². The molecule has 0 spiro atoms. The average molecular weight is 646 g/mol. The fraction of sp³-hybridized carbons (Fsp3) is 0.750. The fourth-order valence-corrected chi connectivity index (χ4v) is 3.16. The molecule has 45 heavy (non-hydrogen) atoms. The lowest BCUT2D eigenvalue weighted by molar-refractivity contribution is -0.128. The van der Waals surface area contributed by atoms with Gasteiger partial charge in [0.2, 0.25) is 17.7 Å². The molecule has 0 unspecified atom stereocenters. The number of ether oxygens (including phenoxy) is 3. The van der Waals surface area contributed by atoms with Crippen LogP contribution in [-0.2, 0) is 38.3 Å². The summed E-state index contributed by atoms with van der Waals surface area (Å²) in [6, 6.07) is -0.775. The molecule has 0 aliphatic heterocycles. The Morgan fingerprint density at radius 2 is 1.40 bits per heavy atom. The Morgan fingerprint density at radius 3 is 1.96 bits per heavy atom. The highest BCUT2D eigenvalue weighted by Gasteiger charge is 2.19. The second kappa shape index (κ2) is 28.6. The first-order valence-corrected chi connectivity index (χ1v) is 15.2. The van der Waals surface area contributed by atoms with Gasteiger partial charge in [-0.15, -0.1) is 0 Å². The van der Waals surface area contributed by atoms with Crippen LogP contribution in [0.4, 0.5) is 9.59 Å². The van der Waals surface area contributed by atoms with Crippen molar-refractivity contribution in [3.63, 3.8) is 0 Å². The van der Waals surface area contributed by atoms with Crippen LogP contribution in [0.5, 0.6) is 0 Å². The first-order chi connectivity index (χ1) is 21.7. The maximum atomic E-state index is 11.9. The van der Waals surface area contributed by atoms with Gasteiger partial charge in [0.15, 0.2) is 0 Å². The van der Waals surface area contributed by atoms with Crippen LogP contribution in [-0.4, -0.2) is 114 Å². The summed E-state index contributed by atoms with van der Waals surface area (Å²) in [6.45, 7) is 7.12. The number of hydrogen-bond acceptors (Lipinski definition) is 12. The molecule has 0 aromatic carbocycles. The number of oxime groups is 2. The molecule has 5 amide bonds. The van der Waals surface area contributed by atoms with Gasteiger partial charge in [-0.05, 0) is 32.1 Å². The molecule has 0 aromatic heterocycles. The molecule has 1 atom stereocenters. The van der Waals surface area contributed by atoms with E-state index < -0.39 is 24.3 Å². The summed E-state index contributed by atoms with van der Waals surface area (Å²) in [5, 5.41) is 20.4. The van der Waals surface area contributed by atoms with Gasteiger partial charge in [-0.3, -0.25) is 14.4 Å². The second-order valence-corrected chi connectivity index (χ2v) is 9.49. The van der Waals surface area contributed by atoms with Crippen LogP contribution in [0.2, 0.25) is 0 Å². The molecule has 5 N–H and O–H groups in total. The number of carbonyl (C=O) groups excluding carboxylic acids is 5. The first kappa shape index (κ1) is 40.9. The number of amides is 5. The summed E-state index contributed by atoms with van der Waals surface area (Å²) in [6.07, 6.45) is 4.79. The molecule has 0 bridgehead atoms. The lowest BCUT2D eigenvalue weighted by atomic mass is 10.1. The van der Waals surface area contributed by atoms with Crippen molar-refractivity contribution in [2.24, 2.45) is 10.3 Å². The summed E-state index contributed by atoms with van der Waals surface area (Å²) >= 11 is 0. The third-order valence-electron chi connectivity index (χ3n) is 5.43. The van der Waals surface area contributed by atoms with Crippen molar-refractivity contribution in [3.05, 3.63) is 0 Å². The van der Waals surface area contributed by atoms with Crippen LogP contribution in [0.25, 0.3) is 0 Å². The smallest absolute Gasteiger partial charge is 0.407 e. The Bertz CT molecular complexity index is 881. The molecular formula is C28H51N7O10. The summed E-state index contributed by atoms with van der Waals surface area (Å²) in [4.78, 5) is 68.5. The van der Waals surface area contributed by atoms with Crippen LogP contribution in [0.15, 0.2) is 10.3 Å². The zero-order valence-electron chi connectivity index (χ0n) is 26.9. The molecule has 258 valence electrons. The van der Waals surface area contributed by atoms with Crippen molar-refractivity contribution in [3.8, 4) is 0 Å². The molecule has 0 saturated carbocycles. The maximum absolute atomic E-state index is 11.9. The first-order valence-electron chi connectivity index (χ1n) is 15.2. The van der Waals surface area contributed by atoms with Gasteiger partial charge in [-0.25, -0.2) is 9.59 Å². The van der Waals surface area contributed by atoms with Crippen molar-refractivity contribution < 1.29 is 47.9 Å². The average Bonchev–Trinajstić information content (AvgIpc) is 3.02. The fourth-order valence-electron chi connectivity index (χ4n) is 3.16. The molecular weight excluding hydrogens is 594 g/mol. The normalized spacial score (nSPS) is 11.6. The lowest BCUT2D eigenvalue weighted by Crippen LogP contribution is -2.45.